The van der Waals surface area contributed by atoms with Crippen LogP contribution in [-0.4, -0.2) is 10.0 Å². The minimum absolute atomic E-state index is 0.182. The van der Waals surface area contributed by atoms with Crippen molar-refractivity contribution in [1.82, 2.24) is 5.43 Å². The molecule has 0 aliphatic heterocycles. The minimum atomic E-state index is -0.634. The summed E-state index contributed by atoms with van der Waals surface area (Å²) < 4.78 is 0. The number of hydrazine groups is 1. The average Bonchev–Trinajstić information content (AvgIpc) is 2.45. The lowest BCUT2D eigenvalue weighted by Gasteiger charge is -2.11. The number of nitrogens with one attached hydrogen (secondary N) is 2. The number of hydrogen-bond acceptors (Lipinski definition) is 5. The van der Waals surface area contributed by atoms with Crippen molar-refractivity contribution in [1.29, 1.82) is 0 Å². The Kier molecular flexibility index (Phi) is 4.62. The lowest BCUT2D eigenvalue weighted by molar-refractivity contribution is -0.386. The van der Waals surface area contributed by atoms with E-state index in [4.69, 9.17) is 11.6 Å². The molecule has 0 aliphatic rings. The van der Waals surface area contributed by atoms with Gasteiger partial charge in [-0.3, -0.25) is 10.1 Å². The third kappa shape index (κ3) is 3.42. The number of hydrogen-bond donors (Lipinski definition) is 3. The molecule has 0 heterocycles. The van der Waals surface area contributed by atoms with Gasteiger partial charge in [-0.1, -0.05) is 29.8 Å². The van der Waals surface area contributed by atoms with Crippen molar-refractivity contribution < 1.29 is 10.0 Å². The maximum absolute atomic E-state index is 11.0. The molecule has 0 bridgehead atoms. The first-order chi connectivity index (χ1) is 10.0. The molecule has 0 amide bonds. The van der Waals surface area contributed by atoms with Gasteiger partial charge in [0.2, 0.25) is 0 Å². The molecule has 0 saturated heterocycles. The van der Waals surface area contributed by atoms with Crippen LogP contribution in [0.15, 0.2) is 36.4 Å². The van der Waals surface area contributed by atoms with E-state index >= 15 is 0 Å². The molecule has 0 saturated carbocycles. The Morgan fingerprint density at radius 2 is 2.00 bits per heavy atom. The van der Waals surface area contributed by atoms with Crippen LogP contribution in [-0.2, 0) is 6.54 Å². The van der Waals surface area contributed by atoms with Gasteiger partial charge in [0.15, 0.2) is 5.75 Å². The first-order valence-corrected chi connectivity index (χ1v) is 6.57. The van der Waals surface area contributed by atoms with Gasteiger partial charge in [0.1, 0.15) is 0 Å². The third-order valence-corrected chi connectivity index (χ3v) is 3.40. The Labute approximate surface area is 126 Å². The first kappa shape index (κ1) is 15.1. The normalized spacial score (nSPS) is 10.4. The van der Waals surface area contributed by atoms with Crippen LogP contribution in [0.25, 0.3) is 0 Å². The number of nitrogens with zero attached hydrogens (tertiary/aromatic N) is 1. The third-order valence-electron chi connectivity index (χ3n) is 3.01. The summed E-state index contributed by atoms with van der Waals surface area (Å²) >= 11 is 5.97. The molecule has 0 unspecified atom stereocenters. The summed E-state index contributed by atoms with van der Waals surface area (Å²) in [6.45, 7) is 1.68. The number of benzene rings is 2. The Balaban J connectivity index is 2.15. The van der Waals surface area contributed by atoms with Crippen LogP contribution in [0.2, 0.25) is 5.02 Å². The number of aromatic hydroxyl groups is 1. The molecule has 2 aromatic rings. The lowest BCUT2D eigenvalue weighted by atomic mass is 10.1. The smallest absolute Gasteiger partial charge is 0.315 e. The van der Waals surface area contributed by atoms with E-state index in [-0.39, 0.29) is 28.6 Å². The zero-order chi connectivity index (χ0) is 15.4. The Hall–Kier alpha value is -2.31. The molecule has 0 atom stereocenters. The highest BCUT2D eigenvalue weighted by molar-refractivity contribution is 6.31. The van der Waals surface area contributed by atoms with Crippen molar-refractivity contribution in [2.45, 2.75) is 13.5 Å². The van der Waals surface area contributed by atoms with Gasteiger partial charge < -0.3 is 10.5 Å². The molecule has 2 aromatic carbocycles. The van der Waals surface area contributed by atoms with Crippen LogP contribution < -0.4 is 10.9 Å². The van der Waals surface area contributed by atoms with E-state index in [2.05, 4.69) is 10.9 Å². The number of phenols is 1. The number of para-hydroxylation sites is 1. The average molecular weight is 308 g/mol. The first-order valence-electron chi connectivity index (χ1n) is 6.20. The van der Waals surface area contributed by atoms with Crippen molar-refractivity contribution in [3.05, 3.63) is 62.7 Å². The molecule has 2 rings (SSSR count). The van der Waals surface area contributed by atoms with E-state index in [0.29, 0.717) is 5.56 Å². The lowest BCUT2D eigenvalue weighted by Crippen LogP contribution is -2.21. The summed E-state index contributed by atoms with van der Waals surface area (Å²) in [5.74, 6) is -0.371. The number of phenolic OH excluding ortho intramolecular Hbond substituents is 1. The summed E-state index contributed by atoms with van der Waals surface area (Å²) in [6, 6.07) is 10.9. The second kappa shape index (κ2) is 6.43. The number of anilines is 1. The monoisotopic (exact) mass is 307 g/mol. The van der Waals surface area contributed by atoms with E-state index in [0.717, 1.165) is 5.69 Å². The number of rotatable bonds is 5. The fourth-order valence-electron chi connectivity index (χ4n) is 1.89. The van der Waals surface area contributed by atoms with Gasteiger partial charge in [0, 0.05) is 23.4 Å². The van der Waals surface area contributed by atoms with E-state index < -0.39 is 4.92 Å². The summed E-state index contributed by atoms with van der Waals surface area (Å²) in [5.41, 5.74) is 6.88. The highest BCUT2D eigenvalue weighted by atomic mass is 35.5. The molecular formula is C14H14ClN3O3. The molecule has 0 radical (unpaired) electrons. The number of halogens is 1. The Morgan fingerprint density at radius 1 is 1.33 bits per heavy atom. The zero-order valence-electron chi connectivity index (χ0n) is 11.3. The summed E-state index contributed by atoms with van der Waals surface area (Å²) in [4.78, 5) is 10.4. The Bertz CT molecular complexity index is 662. The molecule has 110 valence electrons. The van der Waals surface area contributed by atoms with Gasteiger partial charge >= 0.3 is 5.69 Å². The second-order valence-corrected chi connectivity index (χ2v) is 4.85. The van der Waals surface area contributed by atoms with E-state index in [1.54, 1.807) is 0 Å². The molecule has 0 aliphatic carbocycles. The SMILES string of the molecule is Cc1c(Cl)cc(CNNc2ccccc2)c(O)c1[N+](=O)[O-]. The van der Waals surface area contributed by atoms with Crippen LogP contribution in [0.4, 0.5) is 11.4 Å². The molecule has 3 N–H and O–H groups in total. The minimum Gasteiger partial charge on any atom is -0.502 e. The van der Waals surface area contributed by atoms with E-state index in [1.807, 2.05) is 30.3 Å². The van der Waals surface area contributed by atoms with Gasteiger partial charge in [-0.05, 0) is 25.1 Å². The van der Waals surface area contributed by atoms with Gasteiger partial charge in [-0.2, -0.15) is 0 Å². The van der Waals surface area contributed by atoms with Gasteiger partial charge in [0.05, 0.1) is 9.95 Å². The van der Waals surface area contributed by atoms with E-state index in [9.17, 15) is 15.2 Å². The maximum Gasteiger partial charge on any atom is 0.315 e. The largest absolute Gasteiger partial charge is 0.502 e. The van der Waals surface area contributed by atoms with Crippen LogP contribution in [0, 0.1) is 17.0 Å². The van der Waals surface area contributed by atoms with Crippen molar-refractivity contribution in [3.8, 4) is 5.75 Å². The highest BCUT2D eigenvalue weighted by Crippen LogP contribution is 2.37. The van der Waals surface area contributed by atoms with Gasteiger partial charge in [-0.25, -0.2) is 5.43 Å². The maximum atomic E-state index is 11.0. The van der Waals surface area contributed by atoms with Crippen molar-refractivity contribution in [2.24, 2.45) is 0 Å². The fraction of sp³-hybridized carbons (Fsp3) is 0.143. The molecule has 7 heteroatoms. The van der Waals surface area contributed by atoms with Gasteiger partial charge in [0.25, 0.3) is 0 Å². The highest BCUT2D eigenvalue weighted by Gasteiger charge is 2.23. The standard InChI is InChI=1S/C14H14ClN3O3/c1-9-12(15)7-10(14(19)13(9)18(20)21)8-16-17-11-5-3-2-4-6-11/h2-7,16-17,19H,8H2,1H3. The molecular weight excluding hydrogens is 294 g/mol. The van der Waals surface area contributed by atoms with Crippen LogP contribution in [0.3, 0.4) is 0 Å². The zero-order valence-corrected chi connectivity index (χ0v) is 12.0. The molecule has 0 aromatic heterocycles. The summed E-state index contributed by atoms with van der Waals surface area (Å²) in [7, 11) is 0. The van der Waals surface area contributed by atoms with Crippen molar-refractivity contribution in [2.75, 3.05) is 5.43 Å². The fourth-order valence-corrected chi connectivity index (χ4v) is 2.11. The molecule has 0 spiro atoms. The Morgan fingerprint density at radius 3 is 2.62 bits per heavy atom. The summed E-state index contributed by atoms with van der Waals surface area (Å²) in [5, 5.41) is 21.2. The quantitative estimate of drug-likeness (QED) is 0.582. The molecule has 6 nitrogen and oxygen atoms in total. The van der Waals surface area contributed by atoms with Crippen LogP contribution in [0.5, 0.6) is 5.75 Å². The van der Waals surface area contributed by atoms with Crippen LogP contribution >= 0.6 is 11.6 Å². The molecule has 21 heavy (non-hydrogen) atoms. The number of nitro groups is 1. The summed E-state index contributed by atoms with van der Waals surface area (Å²) in [6.07, 6.45) is 0. The van der Waals surface area contributed by atoms with Crippen molar-refractivity contribution in [3.63, 3.8) is 0 Å². The van der Waals surface area contributed by atoms with Gasteiger partial charge in [-0.15, -0.1) is 0 Å². The topological polar surface area (TPSA) is 87.4 Å². The van der Waals surface area contributed by atoms with Crippen molar-refractivity contribution >= 4 is 23.0 Å². The molecule has 0 fully saturated rings. The predicted molar refractivity (Wildman–Crippen MR) is 81.4 cm³/mol. The second-order valence-electron chi connectivity index (χ2n) is 4.44. The number of nitro benzene ring substituents is 1. The van der Waals surface area contributed by atoms with E-state index in [1.165, 1.54) is 13.0 Å². The van der Waals surface area contributed by atoms with Crippen LogP contribution in [0.1, 0.15) is 11.1 Å². The predicted octanol–water partition coefficient (Wildman–Crippen LogP) is 3.38.